The van der Waals surface area contributed by atoms with Crippen LogP contribution in [0.2, 0.25) is 0 Å². The minimum Gasteiger partial charge on any atom is -0.369 e. The number of hydrogen-bond donors (Lipinski definition) is 1. The van der Waals surface area contributed by atoms with Crippen molar-refractivity contribution in [1.29, 1.82) is 0 Å². The van der Waals surface area contributed by atoms with E-state index in [1.165, 1.54) is 24.8 Å². The molecule has 2 N–H and O–H groups in total. The van der Waals surface area contributed by atoms with Crippen LogP contribution in [0.5, 0.6) is 0 Å². The van der Waals surface area contributed by atoms with E-state index in [0.29, 0.717) is 5.96 Å². The van der Waals surface area contributed by atoms with E-state index in [-0.39, 0.29) is 0 Å². The summed E-state index contributed by atoms with van der Waals surface area (Å²) in [5, 5.41) is 0. The summed E-state index contributed by atoms with van der Waals surface area (Å²) in [4.78, 5) is 6.98. The fourth-order valence-electron chi connectivity index (χ4n) is 2.97. The van der Waals surface area contributed by atoms with Crippen molar-refractivity contribution in [1.82, 2.24) is 4.90 Å². The molecule has 2 aromatic carbocycles. The largest absolute Gasteiger partial charge is 0.369 e. The normalized spacial score (nSPS) is 15.9. The van der Waals surface area contributed by atoms with Crippen LogP contribution < -0.4 is 5.73 Å². The van der Waals surface area contributed by atoms with E-state index in [2.05, 4.69) is 54.3 Å². The zero-order valence-electron chi connectivity index (χ0n) is 13.1. The van der Waals surface area contributed by atoms with E-state index in [1.54, 1.807) is 0 Å². The van der Waals surface area contributed by atoms with Crippen molar-refractivity contribution in [2.24, 2.45) is 10.7 Å². The molecule has 3 heteroatoms. The molecule has 2 aromatic rings. The zero-order valence-corrected chi connectivity index (χ0v) is 13.1. The van der Waals surface area contributed by atoms with Gasteiger partial charge in [-0.05, 0) is 37.3 Å². The molecule has 1 heterocycles. The van der Waals surface area contributed by atoms with Crippen molar-refractivity contribution in [3.8, 4) is 11.1 Å². The van der Waals surface area contributed by atoms with Gasteiger partial charge in [0.25, 0.3) is 0 Å². The SMILES string of the molecule is Cc1cccc(-c2ccccc2)c1N=C(N)N1CCCCC1. The third-order valence-corrected chi connectivity index (χ3v) is 4.23. The standard InChI is InChI=1S/C19H23N3/c1-15-9-8-12-17(16-10-4-2-5-11-16)18(15)21-19(20)22-13-6-3-7-14-22/h2,4-5,8-12H,3,6-7,13-14H2,1H3,(H2,20,21). The molecule has 1 fully saturated rings. The fraction of sp³-hybridized carbons (Fsp3) is 0.316. The highest BCUT2D eigenvalue weighted by Gasteiger charge is 2.14. The van der Waals surface area contributed by atoms with Gasteiger partial charge in [-0.25, -0.2) is 4.99 Å². The van der Waals surface area contributed by atoms with E-state index < -0.39 is 0 Å². The third-order valence-electron chi connectivity index (χ3n) is 4.23. The summed E-state index contributed by atoms with van der Waals surface area (Å²) < 4.78 is 0. The lowest BCUT2D eigenvalue weighted by Gasteiger charge is -2.27. The predicted octanol–water partition coefficient (Wildman–Crippen LogP) is 4.09. The molecule has 0 amide bonds. The van der Waals surface area contributed by atoms with Gasteiger partial charge in [-0.15, -0.1) is 0 Å². The molecule has 22 heavy (non-hydrogen) atoms. The first kappa shape index (κ1) is 14.6. The van der Waals surface area contributed by atoms with Crippen LogP contribution in [0.25, 0.3) is 11.1 Å². The highest BCUT2D eigenvalue weighted by Crippen LogP contribution is 2.33. The molecule has 1 saturated heterocycles. The van der Waals surface area contributed by atoms with Crippen molar-refractivity contribution < 1.29 is 0 Å². The summed E-state index contributed by atoms with van der Waals surface area (Å²) >= 11 is 0. The molecular formula is C19H23N3. The van der Waals surface area contributed by atoms with Gasteiger partial charge in [0.05, 0.1) is 5.69 Å². The summed E-state index contributed by atoms with van der Waals surface area (Å²) in [6.45, 7) is 4.12. The lowest BCUT2D eigenvalue weighted by Crippen LogP contribution is -2.40. The van der Waals surface area contributed by atoms with Gasteiger partial charge in [0, 0.05) is 18.7 Å². The Labute approximate surface area is 132 Å². The van der Waals surface area contributed by atoms with Crippen LogP contribution in [0.4, 0.5) is 5.69 Å². The van der Waals surface area contributed by atoms with Crippen LogP contribution in [0.1, 0.15) is 24.8 Å². The topological polar surface area (TPSA) is 41.6 Å². The second-order valence-corrected chi connectivity index (χ2v) is 5.85. The van der Waals surface area contributed by atoms with Crippen molar-refractivity contribution in [2.45, 2.75) is 26.2 Å². The van der Waals surface area contributed by atoms with Gasteiger partial charge < -0.3 is 10.6 Å². The molecule has 3 nitrogen and oxygen atoms in total. The summed E-state index contributed by atoms with van der Waals surface area (Å²) in [5.41, 5.74) is 10.7. The number of para-hydroxylation sites is 1. The smallest absolute Gasteiger partial charge is 0.196 e. The molecule has 0 radical (unpaired) electrons. The average Bonchev–Trinajstić information content (AvgIpc) is 2.58. The number of hydrogen-bond acceptors (Lipinski definition) is 1. The first-order valence-corrected chi connectivity index (χ1v) is 8.00. The maximum atomic E-state index is 6.27. The molecule has 1 aliphatic heterocycles. The number of rotatable bonds is 2. The highest BCUT2D eigenvalue weighted by molar-refractivity contribution is 5.87. The maximum absolute atomic E-state index is 6.27. The first-order valence-electron chi connectivity index (χ1n) is 8.00. The maximum Gasteiger partial charge on any atom is 0.196 e. The van der Waals surface area contributed by atoms with Crippen LogP contribution in [-0.4, -0.2) is 23.9 Å². The fourth-order valence-corrected chi connectivity index (χ4v) is 2.97. The Morgan fingerprint density at radius 2 is 1.68 bits per heavy atom. The first-order chi connectivity index (χ1) is 10.8. The monoisotopic (exact) mass is 293 g/mol. The average molecular weight is 293 g/mol. The van der Waals surface area contributed by atoms with E-state index in [9.17, 15) is 0 Å². The van der Waals surface area contributed by atoms with Crippen LogP contribution in [0, 0.1) is 6.92 Å². The number of aryl methyl sites for hydroxylation is 1. The molecule has 0 spiro atoms. The number of aliphatic imine (C=N–C) groups is 1. The van der Waals surface area contributed by atoms with Gasteiger partial charge in [0.15, 0.2) is 5.96 Å². The third kappa shape index (κ3) is 3.14. The number of guanidine groups is 1. The van der Waals surface area contributed by atoms with Gasteiger partial charge in [0.2, 0.25) is 0 Å². The van der Waals surface area contributed by atoms with Crippen LogP contribution >= 0.6 is 0 Å². The molecule has 3 rings (SSSR count). The highest BCUT2D eigenvalue weighted by atomic mass is 15.3. The molecule has 0 atom stereocenters. The number of nitrogens with zero attached hydrogens (tertiary/aromatic N) is 2. The van der Waals surface area contributed by atoms with Crippen molar-refractivity contribution in [3.63, 3.8) is 0 Å². The summed E-state index contributed by atoms with van der Waals surface area (Å²) in [6, 6.07) is 16.7. The summed E-state index contributed by atoms with van der Waals surface area (Å²) in [6.07, 6.45) is 3.70. The van der Waals surface area contributed by atoms with E-state index in [4.69, 9.17) is 10.7 Å². The number of benzene rings is 2. The minimum atomic E-state index is 0.645. The Hall–Kier alpha value is -2.29. The number of piperidine rings is 1. The Bertz CT molecular complexity index is 656. The van der Waals surface area contributed by atoms with Gasteiger partial charge >= 0.3 is 0 Å². The Morgan fingerprint density at radius 1 is 0.955 bits per heavy atom. The molecule has 114 valence electrons. The van der Waals surface area contributed by atoms with Gasteiger partial charge in [0.1, 0.15) is 0 Å². The second-order valence-electron chi connectivity index (χ2n) is 5.85. The molecule has 0 aromatic heterocycles. The second kappa shape index (κ2) is 6.65. The number of likely N-dealkylation sites (tertiary alicyclic amines) is 1. The summed E-state index contributed by atoms with van der Waals surface area (Å²) in [7, 11) is 0. The Morgan fingerprint density at radius 3 is 2.41 bits per heavy atom. The van der Waals surface area contributed by atoms with Crippen molar-refractivity contribution in [2.75, 3.05) is 13.1 Å². The van der Waals surface area contributed by atoms with Gasteiger partial charge in [-0.1, -0.05) is 48.5 Å². The molecule has 0 unspecified atom stereocenters. The zero-order chi connectivity index (χ0) is 15.4. The van der Waals surface area contributed by atoms with E-state index in [0.717, 1.165) is 29.9 Å². The Kier molecular flexibility index (Phi) is 4.42. The predicted molar refractivity (Wildman–Crippen MR) is 93.3 cm³/mol. The lowest BCUT2D eigenvalue weighted by atomic mass is 10.0. The van der Waals surface area contributed by atoms with Gasteiger partial charge in [-0.3, -0.25) is 0 Å². The van der Waals surface area contributed by atoms with E-state index >= 15 is 0 Å². The quantitative estimate of drug-likeness (QED) is 0.669. The van der Waals surface area contributed by atoms with Gasteiger partial charge in [-0.2, -0.15) is 0 Å². The van der Waals surface area contributed by atoms with Crippen LogP contribution in [-0.2, 0) is 0 Å². The number of nitrogens with two attached hydrogens (primary N) is 1. The molecule has 0 saturated carbocycles. The lowest BCUT2D eigenvalue weighted by molar-refractivity contribution is 0.339. The molecule has 1 aliphatic rings. The van der Waals surface area contributed by atoms with Crippen LogP contribution in [0.3, 0.4) is 0 Å². The molecule has 0 aliphatic carbocycles. The minimum absolute atomic E-state index is 0.645. The van der Waals surface area contributed by atoms with Crippen molar-refractivity contribution in [3.05, 3.63) is 54.1 Å². The Balaban J connectivity index is 1.99. The molecular weight excluding hydrogens is 270 g/mol. The summed E-state index contributed by atoms with van der Waals surface area (Å²) in [5.74, 6) is 0.645. The molecule has 0 bridgehead atoms. The van der Waals surface area contributed by atoms with E-state index in [1.807, 2.05) is 6.07 Å². The van der Waals surface area contributed by atoms with Crippen LogP contribution in [0.15, 0.2) is 53.5 Å². The van der Waals surface area contributed by atoms with Crippen molar-refractivity contribution >= 4 is 11.6 Å².